The first kappa shape index (κ1) is 22.5. The summed E-state index contributed by atoms with van der Waals surface area (Å²) in [6, 6.07) is 7.92. The number of benzene rings is 1. The van der Waals surface area contributed by atoms with Crippen LogP contribution in [0, 0.1) is 0 Å². The first-order valence-corrected chi connectivity index (χ1v) is 9.98. The zero-order valence-corrected chi connectivity index (χ0v) is 17.7. The number of carbonyl (C=O) groups is 1. The van der Waals surface area contributed by atoms with E-state index in [-0.39, 0.29) is 5.91 Å². The van der Waals surface area contributed by atoms with Gasteiger partial charge < -0.3 is 19.6 Å². The van der Waals surface area contributed by atoms with E-state index in [4.69, 9.17) is 0 Å². The van der Waals surface area contributed by atoms with Gasteiger partial charge >= 0.3 is 0 Å². The molecular formula is C21H38N4O. The average Bonchev–Trinajstić information content (AvgIpc) is 2.67. The van der Waals surface area contributed by atoms with Gasteiger partial charge in [0.15, 0.2) is 0 Å². The molecule has 0 saturated carbocycles. The molecule has 5 heteroatoms. The molecule has 1 rings (SSSR count). The van der Waals surface area contributed by atoms with Gasteiger partial charge in [-0.1, -0.05) is 27.7 Å². The number of rotatable bonds is 12. The Labute approximate surface area is 160 Å². The van der Waals surface area contributed by atoms with Crippen LogP contribution in [0.25, 0.3) is 0 Å². The zero-order valence-electron chi connectivity index (χ0n) is 17.7. The number of amides is 1. The third kappa shape index (κ3) is 6.96. The maximum absolute atomic E-state index is 13.1. The number of carbonyl (C=O) groups excluding carboxylic acids is 1. The topological polar surface area (TPSA) is 30.0 Å². The fraction of sp³-hybridized carbons (Fsp3) is 0.667. The maximum Gasteiger partial charge on any atom is 0.253 e. The van der Waals surface area contributed by atoms with Gasteiger partial charge in [0.25, 0.3) is 5.91 Å². The molecule has 1 aromatic carbocycles. The summed E-state index contributed by atoms with van der Waals surface area (Å²) in [5.74, 6) is 0.134. The lowest BCUT2D eigenvalue weighted by Gasteiger charge is -2.29. The second kappa shape index (κ2) is 11.9. The molecule has 0 heterocycles. The highest BCUT2D eigenvalue weighted by molar-refractivity contribution is 5.94. The SMILES string of the molecule is CCN(CC)CCN(CCN(CC)CC)C(=O)c1ccc(N(C)C)cc1. The van der Waals surface area contributed by atoms with E-state index in [0.29, 0.717) is 0 Å². The smallest absolute Gasteiger partial charge is 0.253 e. The molecule has 0 N–H and O–H groups in total. The van der Waals surface area contributed by atoms with Gasteiger partial charge in [-0.3, -0.25) is 4.79 Å². The highest BCUT2D eigenvalue weighted by Gasteiger charge is 2.17. The van der Waals surface area contributed by atoms with Crippen LogP contribution < -0.4 is 4.90 Å². The lowest BCUT2D eigenvalue weighted by molar-refractivity contribution is 0.0718. The predicted octanol–water partition coefficient (Wildman–Crippen LogP) is 2.88. The van der Waals surface area contributed by atoms with Crippen molar-refractivity contribution in [3.63, 3.8) is 0 Å². The molecule has 0 aromatic heterocycles. The van der Waals surface area contributed by atoms with Gasteiger partial charge in [0, 0.05) is 51.5 Å². The number of hydrogen-bond acceptors (Lipinski definition) is 4. The summed E-state index contributed by atoms with van der Waals surface area (Å²) >= 11 is 0. The third-order valence-electron chi connectivity index (χ3n) is 5.08. The molecule has 0 bridgehead atoms. The molecule has 0 fully saturated rings. The first-order valence-electron chi connectivity index (χ1n) is 9.98. The van der Waals surface area contributed by atoms with Crippen molar-refractivity contribution in [2.45, 2.75) is 27.7 Å². The Hall–Kier alpha value is -1.59. The van der Waals surface area contributed by atoms with Crippen molar-refractivity contribution in [1.82, 2.24) is 14.7 Å². The van der Waals surface area contributed by atoms with E-state index in [9.17, 15) is 4.79 Å². The van der Waals surface area contributed by atoms with E-state index in [1.165, 1.54) is 0 Å². The van der Waals surface area contributed by atoms with Crippen LogP contribution in [-0.4, -0.2) is 87.1 Å². The van der Waals surface area contributed by atoms with Crippen LogP contribution in [0.15, 0.2) is 24.3 Å². The molecule has 0 aliphatic carbocycles. The van der Waals surface area contributed by atoms with E-state index in [1.807, 2.05) is 48.2 Å². The Kier molecular flexibility index (Phi) is 10.3. The largest absolute Gasteiger partial charge is 0.378 e. The molecular weight excluding hydrogens is 324 g/mol. The van der Waals surface area contributed by atoms with Crippen molar-refractivity contribution in [3.05, 3.63) is 29.8 Å². The number of hydrogen-bond donors (Lipinski definition) is 0. The Morgan fingerprint density at radius 2 is 1.15 bits per heavy atom. The Balaban J connectivity index is 2.84. The zero-order chi connectivity index (χ0) is 19.5. The average molecular weight is 363 g/mol. The Morgan fingerprint density at radius 1 is 0.731 bits per heavy atom. The third-order valence-corrected chi connectivity index (χ3v) is 5.08. The van der Waals surface area contributed by atoms with E-state index in [0.717, 1.165) is 63.6 Å². The minimum absolute atomic E-state index is 0.134. The highest BCUT2D eigenvalue weighted by atomic mass is 16.2. The minimum Gasteiger partial charge on any atom is -0.378 e. The lowest BCUT2D eigenvalue weighted by atomic mass is 10.1. The van der Waals surface area contributed by atoms with Crippen LogP contribution in [0.5, 0.6) is 0 Å². The van der Waals surface area contributed by atoms with Crippen LogP contribution in [-0.2, 0) is 0 Å². The van der Waals surface area contributed by atoms with Gasteiger partial charge in [-0.15, -0.1) is 0 Å². The van der Waals surface area contributed by atoms with Crippen molar-refractivity contribution in [1.29, 1.82) is 0 Å². The number of nitrogens with zero attached hydrogens (tertiary/aromatic N) is 4. The van der Waals surface area contributed by atoms with Crippen molar-refractivity contribution < 1.29 is 4.79 Å². The summed E-state index contributed by atoms with van der Waals surface area (Å²) in [6.45, 7) is 16.2. The quantitative estimate of drug-likeness (QED) is 0.572. The van der Waals surface area contributed by atoms with Gasteiger partial charge in [-0.05, 0) is 50.4 Å². The maximum atomic E-state index is 13.1. The fourth-order valence-electron chi connectivity index (χ4n) is 3.00. The molecule has 1 aromatic rings. The second-order valence-corrected chi connectivity index (χ2v) is 6.79. The summed E-state index contributed by atoms with van der Waals surface area (Å²) in [5.41, 5.74) is 1.88. The van der Waals surface area contributed by atoms with Crippen molar-refractivity contribution in [3.8, 4) is 0 Å². The predicted molar refractivity (Wildman–Crippen MR) is 112 cm³/mol. The molecule has 0 saturated heterocycles. The summed E-state index contributed by atoms with van der Waals surface area (Å²) in [5, 5.41) is 0. The lowest BCUT2D eigenvalue weighted by Crippen LogP contribution is -2.42. The molecule has 0 aliphatic heterocycles. The molecule has 148 valence electrons. The Morgan fingerprint density at radius 3 is 1.50 bits per heavy atom. The van der Waals surface area contributed by atoms with Crippen molar-refractivity contribution >= 4 is 11.6 Å². The summed E-state index contributed by atoms with van der Waals surface area (Å²) in [6.07, 6.45) is 0. The van der Waals surface area contributed by atoms with Gasteiger partial charge in [-0.25, -0.2) is 0 Å². The first-order chi connectivity index (χ1) is 12.5. The monoisotopic (exact) mass is 362 g/mol. The summed E-state index contributed by atoms with van der Waals surface area (Å²) in [4.78, 5) is 21.9. The van der Waals surface area contributed by atoms with E-state index < -0.39 is 0 Å². The summed E-state index contributed by atoms with van der Waals surface area (Å²) in [7, 11) is 4.02. The van der Waals surface area contributed by atoms with Gasteiger partial charge in [0.05, 0.1) is 0 Å². The van der Waals surface area contributed by atoms with Crippen molar-refractivity contribution in [2.75, 3.05) is 71.4 Å². The van der Waals surface area contributed by atoms with Crippen molar-refractivity contribution in [2.24, 2.45) is 0 Å². The van der Waals surface area contributed by atoms with Crippen LogP contribution >= 0.6 is 0 Å². The normalized spacial score (nSPS) is 11.2. The van der Waals surface area contributed by atoms with Gasteiger partial charge in [0.1, 0.15) is 0 Å². The molecule has 0 aliphatic rings. The molecule has 1 amide bonds. The minimum atomic E-state index is 0.134. The highest BCUT2D eigenvalue weighted by Crippen LogP contribution is 2.14. The van der Waals surface area contributed by atoms with Crippen LogP contribution in [0.3, 0.4) is 0 Å². The fourth-order valence-corrected chi connectivity index (χ4v) is 3.00. The standard InChI is InChI=1S/C21H38N4O/c1-7-23(8-2)15-17-25(18-16-24(9-3)10-4)21(26)19-11-13-20(14-12-19)22(5)6/h11-14H,7-10,15-18H2,1-6H3. The van der Waals surface area contributed by atoms with Crippen LogP contribution in [0.4, 0.5) is 5.69 Å². The van der Waals surface area contributed by atoms with E-state index in [2.05, 4.69) is 37.5 Å². The molecule has 26 heavy (non-hydrogen) atoms. The van der Waals surface area contributed by atoms with E-state index in [1.54, 1.807) is 0 Å². The molecule has 0 radical (unpaired) electrons. The van der Waals surface area contributed by atoms with E-state index >= 15 is 0 Å². The molecule has 0 atom stereocenters. The second-order valence-electron chi connectivity index (χ2n) is 6.79. The summed E-state index contributed by atoms with van der Waals surface area (Å²) < 4.78 is 0. The molecule has 5 nitrogen and oxygen atoms in total. The van der Waals surface area contributed by atoms with Crippen LogP contribution in [0.1, 0.15) is 38.1 Å². The number of anilines is 1. The van der Waals surface area contributed by atoms with Gasteiger partial charge in [-0.2, -0.15) is 0 Å². The molecule has 0 unspecified atom stereocenters. The number of likely N-dealkylation sites (N-methyl/N-ethyl adjacent to an activating group) is 2. The van der Waals surface area contributed by atoms with Gasteiger partial charge in [0.2, 0.25) is 0 Å². The Bertz CT molecular complexity index is 491. The molecule has 0 spiro atoms. The van der Waals surface area contributed by atoms with Crippen LogP contribution in [0.2, 0.25) is 0 Å².